The zero-order chi connectivity index (χ0) is 21.7. The van der Waals surface area contributed by atoms with E-state index in [0.29, 0.717) is 12.1 Å². The normalized spacial score (nSPS) is 18.8. The molecule has 168 valence electrons. The molecule has 32 heavy (non-hydrogen) atoms. The van der Waals surface area contributed by atoms with Crippen molar-refractivity contribution in [3.05, 3.63) is 54.1 Å². The summed E-state index contributed by atoms with van der Waals surface area (Å²) in [5.74, 6) is 0.733. The molecule has 6 nitrogen and oxygen atoms in total. The van der Waals surface area contributed by atoms with Crippen LogP contribution >= 0.6 is 12.4 Å². The lowest BCUT2D eigenvalue weighted by molar-refractivity contribution is 0.0630. The van der Waals surface area contributed by atoms with Crippen molar-refractivity contribution >= 4 is 40.3 Å². The Morgan fingerprint density at radius 2 is 1.97 bits per heavy atom. The first kappa shape index (κ1) is 22.3. The number of benzene rings is 2. The van der Waals surface area contributed by atoms with E-state index in [-0.39, 0.29) is 31.3 Å². The van der Waals surface area contributed by atoms with E-state index in [1.165, 1.54) is 10.9 Å². The Morgan fingerprint density at radius 1 is 1.19 bits per heavy atom. The Balaban J connectivity index is 0.00000245. The Morgan fingerprint density at radius 3 is 2.72 bits per heavy atom. The molecule has 0 radical (unpaired) electrons. The zero-order valence-electron chi connectivity index (χ0n) is 18.2. The molecule has 2 unspecified atom stereocenters. The molecule has 1 fully saturated rings. The first-order valence-corrected chi connectivity index (χ1v) is 10.7. The van der Waals surface area contributed by atoms with Crippen LogP contribution in [0.2, 0.25) is 0 Å². The van der Waals surface area contributed by atoms with Gasteiger partial charge in [-0.15, -0.1) is 12.4 Å². The predicted octanol–water partition coefficient (Wildman–Crippen LogP) is 4.15. The molecule has 1 saturated heterocycles. The van der Waals surface area contributed by atoms with Gasteiger partial charge in [-0.2, -0.15) is 0 Å². The van der Waals surface area contributed by atoms with Crippen molar-refractivity contribution in [1.29, 1.82) is 0 Å². The summed E-state index contributed by atoms with van der Waals surface area (Å²) in [5, 5.41) is 1.18. The minimum Gasteiger partial charge on any atom is -0.338 e. The Bertz CT molecular complexity index is 1300. The van der Waals surface area contributed by atoms with Crippen LogP contribution < -0.4 is 5.73 Å². The van der Waals surface area contributed by atoms with Gasteiger partial charge in [0.15, 0.2) is 5.82 Å². The van der Waals surface area contributed by atoms with Gasteiger partial charge in [0.2, 0.25) is 0 Å². The molecule has 5 rings (SSSR count). The van der Waals surface area contributed by atoms with Gasteiger partial charge in [0.05, 0.1) is 22.8 Å². The quantitative estimate of drug-likeness (QED) is 0.504. The van der Waals surface area contributed by atoms with Crippen molar-refractivity contribution in [2.24, 2.45) is 12.8 Å². The molecule has 0 saturated carbocycles. The molecule has 2 atom stereocenters. The van der Waals surface area contributed by atoms with Crippen molar-refractivity contribution < 1.29 is 9.18 Å². The first-order chi connectivity index (χ1) is 15.0. The fraction of sp³-hybridized carbons (Fsp3) is 0.333. The van der Waals surface area contributed by atoms with Crippen molar-refractivity contribution in [3.63, 3.8) is 0 Å². The van der Waals surface area contributed by atoms with Gasteiger partial charge in [-0.3, -0.25) is 4.79 Å². The smallest absolute Gasteiger partial charge is 0.253 e. The number of aromatic nitrogens is 3. The number of amides is 1. The highest BCUT2D eigenvalue weighted by molar-refractivity contribution is 5.98. The molecule has 2 aromatic carbocycles. The van der Waals surface area contributed by atoms with Crippen molar-refractivity contribution in [2.45, 2.75) is 32.1 Å². The highest BCUT2D eigenvalue weighted by Gasteiger charge is 2.29. The lowest BCUT2D eigenvalue weighted by atomic mass is 10.0. The predicted molar refractivity (Wildman–Crippen MR) is 128 cm³/mol. The van der Waals surface area contributed by atoms with Crippen molar-refractivity contribution in [3.8, 4) is 11.5 Å². The van der Waals surface area contributed by atoms with E-state index in [1.807, 2.05) is 37.4 Å². The number of hydrogen-bond donors (Lipinski definition) is 1. The highest BCUT2D eigenvalue weighted by atomic mass is 35.5. The second-order valence-corrected chi connectivity index (χ2v) is 8.25. The molecular formula is C24H27ClFN5O. The number of carbonyl (C=O) groups is 1. The van der Waals surface area contributed by atoms with Gasteiger partial charge in [-0.25, -0.2) is 9.37 Å². The number of piperidine rings is 1. The van der Waals surface area contributed by atoms with Gasteiger partial charge < -0.3 is 19.8 Å². The van der Waals surface area contributed by atoms with Crippen LogP contribution in [-0.4, -0.2) is 50.2 Å². The van der Waals surface area contributed by atoms with Crippen LogP contribution in [0.4, 0.5) is 4.39 Å². The van der Waals surface area contributed by atoms with E-state index in [0.717, 1.165) is 29.1 Å². The molecule has 1 aliphatic heterocycles. The van der Waals surface area contributed by atoms with E-state index in [1.54, 1.807) is 4.90 Å². The van der Waals surface area contributed by atoms with E-state index in [4.69, 9.17) is 10.7 Å². The molecule has 1 aliphatic rings. The number of likely N-dealkylation sites (tertiary alicyclic amines) is 1. The number of alkyl halides is 1. The summed E-state index contributed by atoms with van der Waals surface area (Å²) in [7, 11) is 1.99. The van der Waals surface area contributed by atoms with E-state index in [2.05, 4.69) is 34.3 Å². The minimum absolute atomic E-state index is 0. The van der Waals surface area contributed by atoms with Crippen LogP contribution in [0.5, 0.6) is 0 Å². The number of imidazole rings is 1. The number of halogens is 2. The Kier molecular flexibility index (Phi) is 5.97. The summed E-state index contributed by atoms with van der Waals surface area (Å²) in [6, 6.07) is 15.4. The fourth-order valence-electron chi connectivity index (χ4n) is 4.62. The monoisotopic (exact) mass is 455 g/mol. The van der Waals surface area contributed by atoms with Gasteiger partial charge in [-0.05, 0) is 43.7 Å². The molecule has 0 spiro atoms. The molecule has 4 aromatic rings. The highest BCUT2D eigenvalue weighted by Crippen LogP contribution is 2.30. The average Bonchev–Trinajstić information content (AvgIpc) is 3.32. The second-order valence-electron chi connectivity index (χ2n) is 8.25. The zero-order valence-corrected chi connectivity index (χ0v) is 19.0. The Hall–Kier alpha value is -2.90. The van der Waals surface area contributed by atoms with Gasteiger partial charge >= 0.3 is 0 Å². The molecule has 0 aliphatic carbocycles. The number of para-hydroxylation sites is 1. The lowest BCUT2D eigenvalue weighted by Gasteiger charge is -2.33. The van der Waals surface area contributed by atoms with E-state index in [9.17, 15) is 9.18 Å². The molecular weight excluding hydrogens is 429 g/mol. The van der Waals surface area contributed by atoms with Crippen molar-refractivity contribution in [2.75, 3.05) is 13.1 Å². The number of nitrogens with two attached hydrogens (primary N) is 1. The van der Waals surface area contributed by atoms with Crippen LogP contribution in [0.25, 0.3) is 33.5 Å². The van der Waals surface area contributed by atoms with Crippen LogP contribution in [0.1, 0.15) is 23.7 Å². The first-order valence-electron chi connectivity index (χ1n) is 10.7. The Labute approximate surface area is 192 Å². The molecule has 0 bridgehead atoms. The summed E-state index contributed by atoms with van der Waals surface area (Å²) in [4.78, 5) is 19.5. The second kappa shape index (κ2) is 8.56. The molecule has 3 heterocycles. The number of hydrogen-bond acceptors (Lipinski definition) is 3. The van der Waals surface area contributed by atoms with Crippen LogP contribution in [0.15, 0.2) is 48.5 Å². The summed E-state index contributed by atoms with van der Waals surface area (Å²) in [6.07, 6.45) is -0.764. The summed E-state index contributed by atoms with van der Waals surface area (Å²) >= 11 is 0. The van der Waals surface area contributed by atoms with E-state index < -0.39 is 12.2 Å². The summed E-state index contributed by atoms with van der Waals surface area (Å²) in [6.45, 7) is 3.58. The third-order valence-electron chi connectivity index (χ3n) is 6.34. The SMILES string of the molecule is CCn1c(-c2nc3cc(C(=O)N4CCC(F)C(N)C4)ccc3n2C)cc2ccccc21.Cl. The number of carbonyl (C=O) groups excluding carboxylic acids is 1. The fourth-order valence-corrected chi connectivity index (χ4v) is 4.62. The van der Waals surface area contributed by atoms with Crippen LogP contribution in [-0.2, 0) is 13.6 Å². The minimum atomic E-state index is -1.05. The van der Waals surface area contributed by atoms with E-state index >= 15 is 0 Å². The molecule has 1 amide bonds. The number of fused-ring (bicyclic) bond motifs is 2. The maximum Gasteiger partial charge on any atom is 0.253 e. The number of nitrogens with zero attached hydrogens (tertiary/aromatic N) is 4. The topological polar surface area (TPSA) is 69.1 Å². The third-order valence-corrected chi connectivity index (χ3v) is 6.34. The molecule has 2 N–H and O–H groups in total. The van der Waals surface area contributed by atoms with Crippen LogP contribution in [0, 0.1) is 0 Å². The molecule has 2 aromatic heterocycles. The van der Waals surface area contributed by atoms with Crippen molar-refractivity contribution in [1.82, 2.24) is 19.0 Å². The van der Waals surface area contributed by atoms with Gasteiger partial charge in [0.25, 0.3) is 5.91 Å². The lowest BCUT2D eigenvalue weighted by Crippen LogP contribution is -2.51. The largest absolute Gasteiger partial charge is 0.338 e. The average molecular weight is 456 g/mol. The maximum atomic E-state index is 13.7. The van der Waals surface area contributed by atoms with Gasteiger partial charge in [0.1, 0.15) is 6.17 Å². The third kappa shape index (κ3) is 3.55. The maximum absolute atomic E-state index is 13.7. The van der Waals surface area contributed by atoms with Crippen LogP contribution in [0.3, 0.4) is 0 Å². The summed E-state index contributed by atoms with van der Waals surface area (Å²) < 4.78 is 18.0. The number of aryl methyl sites for hydroxylation is 2. The standard InChI is InChI=1S/C24H26FN5O.ClH/c1-3-30-20-7-5-4-6-15(20)13-22(30)23-27-19-12-16(8-9-21(19)28(23)2)24(31)29-11-10-17(25)18(26)14-29;/h4-9,12-13,17-18H,3,10-11,14,26H2,1-2H3;1H. The van der Waals surface area contributed by atoms with Gasteiger partial charge in [0, 0.05) is 43.1 Å². The van der Waals surface area contributed by atoms with Gasteiger partial charge in [-0.1, -0.05) is 18.2 Å². The molecule has 8 heteroatoms. The number of rotatable bonds is 3. The summed E-state index contributed by atoms with van der Waals surface area (Å²) in [5.41, 5.74) is 10.3.